The van der Waals surface area contributed by atoms with Crippen LogP contribution in [0.25, 0.3) is 0 Å². The Morgan fingerprint density at radius 3 is 2.83 bits per heavy atom. The number of nitrogens with zero attached hydrogens (tertiary/aromatic N) is 3. The number of aromatic nitrogens is 2. The number of benzene rings is 1. The molecule has 2 aromatic rings. The van der Waals surface area contributed by atoms with E-state index in [1.165, 1.54) is 18.4 Å². The quantitative estimate of drug-likeness (QED) is 0.940. The Bertz CT molecular complexity index is 740. The molecule has 1 amide bonds. The zero-order chi connectivity index (χ0) is 16.4. The number of carbonyl (C=O) groups excluding carboxylic acids is 1. The van der Waals surface area contributed by atoms with E-state index in [-0.39, 0.29) is 5.91 Å². The summed E-state index contributed by atoms with van der Waals surface area (Å²) in [5, 5.41) is 3.37. The Morgan fingerprint density at radius 1 is 1.12 bits per heavy atom. The van der Waals surface area contributed by atoms with Crippen LogP contribution in [0, 0.1) is 0 Å². The number of amides is 1. The van der Waals surface area contributed by atoms with Crippen LogP contribution in [0.3, 0.4) is 0 Å². The van der Waals surface area contributed by atoms with Crippen molar-refractivity contribution in [3.8, 4) is 0 Å². The van der Waals surface area contributed by atoms with Crippen molar-refractivity contribution in [3.05, 3.63) is 47.8 Å². The molecule has 1 N–H and O–H groups in total. The lowest BCUT2D eigenvalue weighted by molar-refractivity contribution is 0.0980. The molecule has 1 aromatic heterocycles. The second-order valence-corrected chi connectivity index (χ2v) is 6.58. The van der Waals surface area contributed by atoms with E-state index >= 15 is 0 Å². The van der Waals surface area contributed by atoms with Gasteiger partial charge in [0.05, 0.1) is 0 Å². The largest absolute Gasteiger partial charge is 0.351 e. The van der Waals surface area contributed by atoms with Gasteiger partial charge in [0.25, 0.3) is 5.91 Å². The van der Waals surface area contributed by atoms with E-state index in [4.69, 9.17) is 0 Å². The average molecular weight is 322 g/mol. The van der Waals surface area contributed by atoms with Gasteiger partial charge in [-0.15, -0.1) is 0 Å². The minimum absolute atomic E-state index is 0.0426. The molecule has 1 fully saturated rings. The topological polar surface area (TPSA) is 58.1 Å². The van der Waals surface area contributed by atoms with E-state index in [9.17, 15) is 4.79 Å². The second kappa shape index (κ2) is 6.59. The first-order chi connectivity index (χ1) is 11.8. The normalized spacial score (nSPS) is 17.6. The zero-order valence-corrected chi connectivity index (χ0v) is 13.7. The summed E-state index contributed by atoms with van der Waals surface area (Å²) in [6.45, 7) is 0.741. The number of hydrogen-bond acceptors (Lipinski definition) is 4. The van der Waals surface area contributed by atoms with Gasteiger partial charge in [-0.2, -0.15) is 0 Å². The lowest BCUT2D eigenvalue weighted by Crippen LogP contribution is -2.36. The fraction of sp³-hybridized carbons (Fsp3) is 0.421. The van der Waals surface area contributed by atoms with Crippen LogP contribution in [0.2, 0.25) is 0 Å². The molecule has 4 rings (SSSR count). The third-order valence-electron chi connectivity index (χ3n) is 4.92. The molecule has 124 valence electrons. The fourth-order valence-corrected chi connectivity index (χ4v) is 3.68. The molecule has 0 unspecified atom stereocenters. The van der Waals surface area contributed by atoms with Gasteiger partial charge >= 0.3 is 0 Å². The van der Waals surface area contributed by atoms with Gasteiger partial charge in [-0.05, 0) is 43.4 Å². The molecule has 5 heteroatoms. The molecule has 0 radical (unpaired) electrons. The summed E-state index contributed by atoms with van der Waals surface area (Å²) in [6.07, 6.45) is 8.50. The summed E-state index contributed by atoms with van der Waals surface area (Å²) in [5.41, 5.74) is 2.70. The number of aryl methyl sites for hydroxylation is 1. The Kier molecular flexibility index (Phi) is 4.15. The molecule has 0 atom stereocenters. The highest BCUT2D eigenvalue weighted by Gasteiger charge is 2.24. The lowest BCUT2D eigenvalue weighted by atomic mass is 10.0. The third-order valence-corrected chi connectivity index (χ3v) is 4.92. The SMILES string of the molecule is O=C(c1ccnc(NC2CCCC2)n1)N1CCCc2ccccc21. The molecule has 2 aliphatic rings. The van der Waals surface area contributed by atoms with Gasteiger partial charge in [0.1, 0.15) is 5.69 Å². The number of para-hydroxylation sites is 1. The third kappa shape index (κ3) is 2.98. The van der Waals surface area contributed by atoms with Crippen molar-refractivity contribution in [2.75, 3.05) is 16.8 Å². The predicted molar refractivity (Wildman–Crippen MR) is 94.4 cm³/mol. The Balaban J connectivity index is 1.56. The van der Waals surface area contributed by atoms with Gasteiger partial charge in [0.15, 0.2) is 0 Å². The molecular weight excluding hydrogens is 300 g/mol. The molecular formula is C19H22N4O. The lowest BCUT2D eigenvalue weighted by Gasteiger charge is -2.29. The first-order valence-corrected chi connectivity index (χ1v) is 8.80. The van der Waals surface area contributed by atoms with E-state index in [2.05, 4.69) is 21.4 Å². The van der Waals surface area contributed by atoms with E-state index in [0.717, 1.165) is 37.9 Å². The van der Waals surface area contributed by atoms with Gasteiger partial charge in [-0.25, -0.2) is 9.97 Å². The van der Waals surface area contributed by atoms with Crippen molar-refractivity contribution in [3.63, 3.8) is 0 Å². The standard InChI is InChI=1S/C19H22N4O/c24-18(23-13-5-7-14-6-1-4-10-17(14)23)16-11-12-20-19(22-16)21-15-8-2-3-9-15/h1,4,6,10-12,15H,2-3,5,7-9,13H2,(H,20,21,22). The summed E-state index contributed by atoms with van der Waals surface area (Å²) in [5.74, 6) is 0.525. The van der Waals surface area contributed by atoms with Gasteiger partial charge in [-0.3, -0.25) is 4.79 Å². The van der Waals surface area contributed by atoms with Crippen molar-refractivity contribution in [1.82, 2.24) is 9.97 Å². The van der Waals surface area contributed by atoms with E-state index in [0.29, 0.717) is 17.7 Å². The molecule has 1 aliphatic heterocycles. The molecule has 5 nitrogen and oxygen atoms in total. The molecule has 1 saturated carbocycles. The van der Waals surface area contributed by atoms with Crippen LogP contribution in [0.1, 0.15) is 48.2 Å². The van der Waals surface area contributed by atoms with Crippen LogP contribution in [-0.2, 0) is 6.42 Å². The van der Waals surface area contributed by atoms with Crippen molar-refractivity contribution in [2.24, 2.45) is 0 Å². The number of nitrogens with one attached hydrogen (secondary N) is 1. The van der Waals surface area contributed by atoms with Crippen LogP contribution in [0.15, 0.2) is 36.5 Å². The summed E-state index contributed by atoms with van der Waals surface area (Å²) in [6, 6.07) is 10.3. The van der Waals surface area contributed by atoms with E-state index < -0.39 is 0 Å². The first-order valence-electron chi connectivity index (χ1n) is 8.80. The van der Waals surface area contributed by atoms with E-state index in [1.807, 2.05) is 23.1 Å². The summed E-state index contributed by atoms with van der Waals surface area (Å²) in [4.78, 5) is 23.6. The molecule has 24 heavy (non-hydrogen) atoms. The van der Waals surface area contributed by atoms with Crippen molar-refractivity contribution in [2.45, 2.75) is 44.6 Å². The van der Waals surface area contributed by atoms with Gasteiger partial charge in [0.2, 0.25) is 5.95 Å². The molecule has 1 aliphatic carbocycles. The smallest absolute Gasteiger partial charge is 0.277 e. The summed E-state index contributed by atoms with van der Waals surface area (Å²) in [7, 11) is 0. The number of fused-ring (bicyclic) bond motifs is 1. The molecule has 0 saturated heterocycles. The Morgan fingerprint density at radius 2 is 1.96 bits per heavy atom. The van der Waals surface area contributed by atoms with Gasteiger partial charge in [-0.1, -0.05) is 31.0 Å². The molecule has 2 heterocycles. The van der Waals surface area contributed by atoms with Crippen LogP contribution in [-0.4, -0.2) is 28.5 Å². The monoisotopic (exact) mass is 322 g/mol. The second-order valence-electron chi connectivity index (χ2n) is 6.58. The number of carbonyl (C=O) groups is 1. The Labute approximate surface area is 142 Å². The summed E-state index contributed by atoms with van der Waals surface area (Å²) >= 11 is 0. The van der Waals surface area contributed by atoms with Crippen molar-refractivity contribution >= 4 is 17.5 Å². The van der Waals surface area contributed by atoms with Crippen LogP contribution < -0.4 is 10.2 Å². The fourth-order valence-electron chi connectivity index (χ4n) is 3.68. The maximum Gasteiger partial charge on any atom is 0.277 e. The maximum absolute atomic E-state index is 13.0. The van der Waals surface area contributed by atoms with Crippen molar-refractivity contribution in [1.29, 1.82) is 0 Å². The zero-order valence-electron chi connectivity index (χ0n) is 13.7. The highest BCUT2D eigenvalue weighted by atomic mass is 16.2. The van der Waals surface area contributed by atoms with E-state index in [1.54, 1.807) is 12.3 Å². The van der Waals surface area contributed by atoms with Crippen LogP contribution in [0.4, 0.5) is 11.6 Å². The van der Waals surface area contributed by atoms with Crippen LogP contribution >= 0.6 is 0 Å². The highest BCUT2D eigenvalue weighted by molar-refractivity contribution is 6.05. The number of rotatable bonds is 3. The number of hydrogen-bond donors (Lipinski definition) is 1. The minimum atomic E-state index is -0.0426. The highest BCUT2D eigenvalue weighted by Crippen LogP contribution is 2.28. The number of anilines is 2. The van der Waals surface area contributed by atoms with Gasteiger partial charge in [0, 0.05) is 24.5 Å². The first kappa shape index (κ1) is 15.1. The molecule has 0 bridgehead atoms. The predicted octanol–water partition coefficient (Wildman–Crippen LogP) is 3.42. The molecule has 1 aromatic carbocycles. The maximum atomic E-state index is 13.0. The average Bonchev–Trinajstić information content (AvgIpc) is 3.14. The van der Waals surface area contributed by atoms with Crippen molar-refractivity contribution < 1.29 is 4.79 Å². The minimum Gasteiger partial charge on any atom is -0.351 e. The molecule has 0 spiro atoms. The van der Waals surface area contributed by atoms with Gasteiger partial charge < -0.3 is 10.2 Å². The summed E-state index contributed by atoms with van der Waals surface area (Å²) < 4.78 is 0. The Hall–Kier alpha value is -2.43. The van der Waals surface area contributed by atoms with Crippen LogP contribution in [0.5, 0.6) is 0 Å².